The van der Waals surface area contributed by atoms with E-state index in [1.165, 1.54) is 12.1 Å². The smallest absolute Gasteiger partial charge is 0.275 e. The molecule has 12 heteroatoms. The quantitative estimate of drug-likeness (QED) is 0.326. The van der Waals surface area contributed by atoms with Crippen LogP contribution in [-0.2, 0) is 22.5 Å². The maximum Gasteiger partial charge on any atom is 0.275 e. The molecular weight excluding hydrogens is 498 g/mol. The highest BCUT2D eigenvalue weighted by molar-refractivity contribution is 5.85. The molecule has 0 bridgehead atoms. The molecule has 0 aliphatic carbocycles. The lowest BCUT2D eigenvalue weighted by Gasteiger charge is -2.23. The van der Waals surface area contributed by atoms with Crippen LogP contribution in [-0.4, -0.2) is 57.9 Å². The minimum atomic E-state index is -2.68. The normalized spacial score (nSPS) is 11.7. The van der Waals surface area contributed by atoms with E-state index in [0.717, 1.165) is 4.68 Å². The van der Waals surface area contributed by atoms with Gasteiger partial charge in [0.1, 0.15) is 30.8 Å². The number of ether oxygens (including phenoxy) is 2. The van der Waals surface area contributed by atoms with E-state index in [-0.39, 0.29) is 30.8 Å². The van der Waals surface area contributed by atoms with Gasteiger partial charge in [-0.1, -0.05) is 18.2 Å². The summed E-state index contributed by atoms with van der Waals surface area (Å²) in [5.41, 5.74) is 0.543. The molecule has 0 atom stereocenters. The predicted octanol–water partition coefficient (Wildman–Crippen LogP) is 2.92. The van der Waals surface area contributed by atoms with E-state index >= 15 is 0 Å². The maximum absolute atomic E-state index is 13.1. The molecule has 0 aliphatic heterocycles. The topological polar surface area (TPSA) is 135 Å². The van der Waals surface area contributed by atoms with Crippen LogP contribution < -0.4 is 15.6 Å². The van der Waals surface area contributed by atoms with Gasteiger partial charge < -0.3 is 19.8 Å². The monoisotopic (exact) mass is 524 g/mol. The second-order valence-corrected chi connectivity index (χ2v) is 9.24. The number of nitrogens with one attached hydrogen (secondary N) is 2. The van der Waals surface area contributed by atoms with Crippen molar-refractivity contribution in [1.29, 1.82) is 5.26 Å². The Morgan fingerprint density at radius 2 is 2.00 bits per heavy atom. The van der Waals surface area contributed by atoms with E-state index in [4.69, 9.17) is 9.47 Å². The number of rotatable bonds is 10. The molecule has 1 amide bonds. The summed E-state index contributed by atoms with van der Waals surface area (Å²) in [6, 6.07) is 11.8. The van der Waals surface area contributed by atoms with E-state index in [0.29, 0.717) is 33.3 Å². The van der Waals surface area contributed by atoms with E-state index in [1.54, 1.807) is 31.4 Å². The van der Waals surface area contributed by atoms with Crippen LogP contribution in [0.2, 0.25) is 0 Å². The molecule has 10 nitrogen and oxygen atoms in total. The Bertz CT molecular complexity index is 1590. The number of amides is 1. The molecule has 38 heavy (non-hydrogen) atoms. The number of H-pyrrole nitrogens is 1. The lowest BCUT2D eigenvalue weighted by molar-refractivity contribution is -0.123. The maximum atomic E-state index is 13.1. The minimum absolute atomic E-state index is 0.0122. The predicted molar refractivity (Wildman–Crippen MR) is 135 cm³/mol. The summed E-state index contributed by atoms with van der Waals surface area (Å²) in [6.07, 6.45) is -2.52. The highest BCUT2D eigenvalue weighted by Gasteiger charge is 2.19. The lowest BCUT2D eigenvalue weighted by atomic mass is 10.1. The van der Waals surface area contributed by atoms with Crippen molar-refractivity contribution in [2.75, 3.05) is 20.3 Å². The van der Waals surface area contributed by atoms with Gasteiger partial charge in [0.15, 0.2) is 0 Å². The summed E-state index contributed by atoms with van der Waals surface area (Å²) in [6.45, 7) is 2.78. The number of hydrogen-bond acceptors (Lipinski definition) is 7. The fourth-order valence-corrected chi connectivity index (χ4v) is 3.81. The molecule has 0 aliphatic rings. The Balaban J connectivity index is 1.66. The number of carbonyl (C=O) groups is 1. The molecular formula is C26H26F2N6O4. The third kappa shape index (κ3) is 5.95. The van der Waals surface area contributed by atoms with Crippen LogP contribution in [0.15, 0.2) is 41.2 Å². The molecule has 2 N–H and O–H groups in total. The molecule has 4 aromatic rings. The second kappa shape index (κ2) is 10.9. The first kappa shape index (κ1) is 26.7. The largest absolute Gasteiger partial charge is 0.486 e. The summed E-state index contributed by atoms with van der Waals surface area (Å²) in [4.78, 5) is 33.2. The third-order valence-corrected chi connectivity index (χ3v) is 5.95. The van der Waals surface area contributed by atoms with Gasteiger partial charge in [-0.15, -0.1) is 0 Å². The van der Waals surface area contributed by atoms with Crippen molar-refractivity contribution in [3.05, 3.63) is 63.8 Å². The Kier molecular flexibility index (Phi) is 7.68. The van der Waals surface area contributed by atoms with Gasteiger partial charge in [-0.3, -0.25) is 9.59 Å². The first-order valence-electron chi connectivity index (χ1n) is 11.7. The summed E-state index contributed by atoms with van der Waals surface area (Å²) in [5, 5.41) is 17.6. The molecule has 4 rings (SSSR count). The van der Waals surface area contributed by atoms with Crippen molar-refractivity contribution < 1.29 is 23.0 Å². The molecule has 0 fully saturated rings. The van der Waals surface area contributed by atoms with Crippen molar-refractivity contribution in [3.63, 3.8) is 0 Å². The number of benzene rings is 2. The van der Waals surface area contributed by atoms with Crippen LogP contribution in [0.5, 0.6) is 5.75 Å². The first-order valence-corrected chi connectivity index (χ1v) is 11.7. The van der Waals surface area contributed by atoms with Gasteiger partial charge in [0.25, 0.3) is 12.0 Å². The number of fused-ring (bicyclic) bond motifs is 2. The number of methoxy groups -OCH3 is 1. The number of imidazole rings is 1. The number of aromatic nitrogens is 4. The highest BCUT2D eigenvalue weighted by Crippen LogP contribution is 2.26. The standard InChI is InChI=1S/C26H26F2N6O4/c1-26(2,37-3)14-30-24(35)12-34-25(36)17-7-5-4-6-16(17)18(33-34)10-23-31-19-8-15(11-29)21(9-20(19)32-23)38-13-22(27)28/h4-9,22H,10,12-14H2,1-3H3,(H,30,35)(H,31,32). The molecule has 2 aromatic carbocycles. The van der Waals surface area contributed by atoms with Gasteiger partial charge in [-0.2, -0.15) is 10.4 Å². The van der Waals surface area contributed by atoms with Gasteiger partial charge in [-0.25, -0.2) is 18.4 Å². The fourth-order valence-electron chi connectivity index (χ4n) is 3.81. The Morgan fingerprint density at radius 3 is 2.68 bits per heavy atom. The Morgan fingerprint density at radius 1 is 1.26 bits per heavy atom. The number of halogens is 2. The average Bonchev–Trinajstić information content (AvgIpc) is 3.29. The van der Waals surface area contributed by atoms with Gasteiger partial charge in [0.2, 0.25) is 5.91 Å². The summed E-state index contributed by atoms with van der Waals surface area (Å²) >= 11 is 0. The van der Waals surface area contributed by atoms with Crippen LogP contribution in [0.25, 0.3) is 21.8 Å². The van der Waals surface area contributed by atoms with Crippen molar-refractivity contribution in [2.45, 2.75) is 38.8 Å². The van der Waals surface area contributed by atoms with Crippen molar-refractivity contribution >= 4 is 27.7 Å². The molecule has 2 heterocycles. The number of alkyl halides is 2. The van der Waals surface area contributed by atoms with Crippen LogP contribution in [0.4, 0.5) is 8.78 Å². The van der Waals surface area contributed by atoms with Gasteiger partial charge in [-0.05, 0) is 26.0 Å². The fraction of sp³-hybridized carbons (Fsp3) is 0.346. The highest BCUT2D eigenvalue weighted by atomic mass is 19.3. The van der Waals surface area contributed by atoms with Crippen LogP contribution >= 0.6 is 0 Å². The lowest BCUT2D eigenvalue weighted by Crippen LogP contribution is -2.42. The second-order valence-electron chi connectivity index (χ2n) is 9.24. The number of hydrogen-bond donors (Lipinski definition) is 2. The van der Waals surface area contributed by atoms with Crippen LogP contribution in [0.3, 0.4) is 0 Å². The molecule has 0 radical (unpaired) electrons. The van der Waals surface area contributed by atoms with Crippen LogP contribution in [0, 0.1) is 11.3 Å². The zero-order valence-electron chi connectivity index (χ0n) is 21.0. The first-order chi connectivity index (χ1) is 18.1. The van der Waals surface area contributed by atoms with Crippen molar-refractivity contribution in [1.82, 2.24) is 25.1 Å². The number of aromatic amines is 1. The molecule has 0 spiro atoms. The SMILES string of the molecule is COC(C)(C)CNC(=O)Cn1nc(Cc2nc3cc(OCC(F)F)c(C#N)cc3[nH]2)c2ccccc2c1=O. The molecule has 0 unspecified atom stereocenters. The number of carbonyl (C=O) groups excluding carboxylic acids is 1. The molecule has 198 valence electrons. The van der Waals surface area contributed by atoms with E-state index in [2.05, 4.69) is 20.4 Å². The molecule has 0 saturated carbocycles. The number of nitriles is 1. The minimum Gasteiger partial charge on any atom is -0.486 e. The van der Waals surface area contributed by atoms with Crippen LogP contribution in [0.1, 0.15) is 30.9 Å². The van der Waals surface area contributed by atoms with E-state index in [9.17, 15) is 23.6 Å². The zero-order valence-corrected chi connectivity index (χ0v) is 21.0. The zero-order chi connectivity index (χ0) is 27.4. The van der Waals surface area contributed by atoms with E-state index in [1.807, 2.05) is 19.9 Å². The molecule has 0 saturated heterocycles. The van der Waals surface area contributed by atoms with E-state index < -0.39 is 30.1 Å². The summed E-state index contributed by atoms with van der Waals surface area (Å²) < 4.78 is 36.7. The molecule has 2 aromatic heterocycles. The number of nitrogens with zero attached hydrogens (tertiary/aromatic N) is 4. The Labute approximate surface area is 216 Å². The Hall–Kier alpha value is -4.37. The average molecular weight is 525 g/mol. The third-order valence-electron chi connectivity index (χ3n) is 5.95. The summed E-state index contributed by atoms with van der Waals surface area (Å²) in [5.74, 6) is 0.0808. The van der Waals surface area contributed by atoms with Crippen molar-refractivity contribution in [2.24, 2.45) is 0 Å². The van der Waals surface area contributed by atoms with Crippen molar-refractivity contribution in [3.8, 4) is 11.8 Å². The summed E-state index contributed by atoms with van der Waals surface area (Å²) in [7, 11) is 1.55. The van der Waals surface area contributed by atoms with Gasteiger partial charge in [0.05, 0.1) is 39.7 Å². The van der Waals surface area contributed by atoms with Gasteiger partial charge in [0, 0.05) is 25.1 Å². The van der Waals surface area contributed by atoms with Gasteiger partial charge >= 0.3 is 0 Å².